The second-order valence-corrected chi connectivity index (χ2v) is 8.47. The van der Waals surface area contributed by atoms with Crippen molar-refractivity contribution in [2.75, 3.05) is 5.32 Å². The maximum absolute atomic E-state index is 13.1. The first kappa shape index (κ1) is 15.4. The quantitative estimate of drug-likeness (QED) is 0.888. The van der Waals surface area contributed by atoms with Crippen molar-refractivity contribution >= 4 is 27.1 Å². The SMILES string of the molecule is O=S(=O)(c1ccc(Cl)cc1)C1CC=CC2=C1Cc1ccncc1N2. The fourth-order valence-electron chi connectivity index (χ4n) is 3.21. The van der Waals surface area contributed by atoms with Gasteiger partial charge in [-0.1, -0.05) is 17.7 Å². The van der Waals surface area contributed by atoms with Crippen LogP contribution in [0, 0.1) is 0 Å². The van der Waals surface area contributed by atoms with Crippen LogP contribution < -0.4 is 5.32 Å². The van der Waals surface area contributed by atoms with Crippen molar-refractivity contribution in [3.63, 3.8) is 0 Å². The molecule has 2 aromatic rings. The van der Waals surface area contributed by atoms with Gasteiger partial charge in [0.2, 0.25) is 0 Å². The molecule has 24 heavy (non-hydrogen) atoms. The molecule has 0 bridgehead atoms. The van der Waals surface area contributed by atoms with Crippen LogP contribution in [0.3, 0.4) is 0 Å². The van der Waals surface area contributed by atoms with Gasteiger partial charge in [0.05, 0.1) is 22.0 Å². The standard InChI is InChI=1S/C18H15ClN2O2S/c19-13-4-6-14(7-5-13)24(22,23)18-3-1-2-16-15(18)10-12-8-9-20-11-17(12)21-16/h1-2,4-9,11,18,21H,3,10H2. The van der Waals surface area contributed by atoms with Gasteiger partial charge in [-0.2, -0.15) is 0 Å². The van der Waals surface area contributed by atoms with Gasteiger partial charge in [0.1, 0.15) is 0 Å². The van der Waals surface area contributed by atoms with E-state index in [1.807, 2.05) is 18.2 Å². The van der Waals surface area contributed by atoms with Crippen molar-refractivity contribution in [2.24, 2.45) is 0 Å². The van der Waals surface area contributed by atoms with Gasteiger partial charge >= 0.3 is 0 Å². The third-order valence-electron chi connectivity index (χ3n) is 4.45. The van der Waals surface area contributed by atoms with Crippen molar-refractivity contribution in [1.82, 2.24) is 4.98 Å². The summed E-state index contributed by atoms with van der Waals surface area (Å²) in [4.78, 5) is 4.42. The summed E-state index contributed by atoms with van der Waals surface area (Å²) in [6, 6.07) is 8.30. The Morgan fingerprint density at radius 1 is 1.17 bits per heavy atom. The van der Waals surface area contributed by atoms with Gasteiger partial charge in [-0.05, 0) is 60.4 Å². The Morgan fingerprint density at radius 3 is 2.75 bits per heavy atom. The Kier molecular flexibility index (Phi) is 3.70. The molecular formula is C18H15ClN2O2S. The summed E-state index contributed by atoms with van der Waals surface area (Å²) in [6.07, 6.45) is 8.45. The molecule has 4 rings (SSSR count). The molecule has 122 valence electrons. The van der Waals surface area contributed by atoms with Gasteiger partial charge in [0, 0.05) is 16.9 Å². The average molecular weight is 359 g/mol. The summed E-state index contributed by atoms with van der Waals surface area (Å²) in [5.41, 5.74) is 3.77. The first-order valence-electron chi connectivity index (χ1n) is 7.64. The minimum absolute atomic E-state index is 0.305. The second-order valence-electron chi connectivity index (χ2n) is 5.90. The van der Waals surface area contributed by atoms with E-state index in [-0.39, 0.29) is 0 Å². The molecule has 2 heterocycles. The van der Waals surface area contributed by atoms with Gasteiger partial charge in [-0.25, -0.2) is 8.42 Å². The molecule has 0 amide bonds. The van der Waals surface area contributed by atoms with Gasteiger partial charge in [-0.3, -0.25) is 4.98 Å². The largest absolute Gasteiger partial charge is 0.354 e. The number of aromatic nitrogens is 1. The molecule has 0 saturated heterocycles. The fraction of sp³-hybridized carbons (Fsp3) is 0.167. The van der Waals surface area contributed by atoms with E-state index in [0.717, 1.165) is 22.5 Å². The zero-order chi connectivity index (χ0) is 16.7. The molecular weight excluding hydrogens is 344 g/mol. The summed E-state index contributed by atoms with van der Waals surface area (Å²) in [7, 11) is -3.48. The predicted molar refractivity (Wildman–Crippen MR) is 94.8 cm³/mol. The lowest BCUT2D eigenvalue weighted by atomic mass is 9.91. The highest BCUT2D eigenvalue weighted by atomic mass is 35.5. The number of hydrogen-bond donors (Lipinski definition) is 1. The summed E-state index contributed by atoms with van der Waals surface area (Å²) >= 11 is 5.88. The zero-order valence-corrected chi connectivity index (χ0v) is 14.3. The molecule has 1 aromatic carbocycles. The van der Waals surface area contributed by atoms with Crippen molar-refractivity contribution < 1.29 is 8.42 Å². The van der Waals surface area contributed by atoms with E-state index in [1.165, 1.54) is 0 Å². The number of rotatable bonds is 2. The van der Waals surface area contributed by atoms with Crippen molar-refractivity contribution in [1.29, 1.82) is 0 Å². The Labute approximate surface area is 145 Å². The number of allylic oxidation sites excluding steroid dienone is 2. The van der Waals surface area contributed by atoms with Crippen molar-refractivity contribution in [3.05, 3.63) is 76.7 Å². The van der Waals surface area contributed by atoms with Crippen LogP contribution in [0.15, 0.2) is 71.0 Å². The molecule has 1 aromatic heterocycles. The number of sulfone groups is 1. The lowest BCUT2D eigenvalue weighted by Gasteiger charge is -2.30. The molecule has 1 aliphatic heterocycles. The van der Waals surface area contributed by atoms with E-state index in [1.54, 1.807) is 36.7 Å². The average Bonchev–Trinajstić information content (AvgIpc) is 2.59. The first-order valence-corrected chi connectivity index (χ1v) is 9.57. The van der Waals surface area contributed by atoms with E-state index >= 15 is 0 Å². The number of pyridine rings is 1. The summed E-state index contributed by atoms with van der Waals surface area (Å²) in [5.74, 6) is 0. The minimum Gasteiger partial charge on any atom is -0.354 e. The third kappa shape index (κ3) is 2.54. The molecule has 1 atom stereocenters. The van der Waals surface area contributed by atoms with E-state index < -0.39 is 15.1 Å². The molecule has 4 nitrogen and oxygen atoms in total. The normalized spacial score (nSPS) is 19.5. The summed E-state index contributed by atoms with van der Waals surface area (Å²) in [5, 5.41) is 3.27. The maximum Gasteiger partial charge on any atom is 0.185 e. The third-order valence-corrected chi connectivity index (χ3v) is 6.85. The number of benzene rings is 1. The van der Waals surface area contributed by atoms with Crippen LogP contribution in [0.25, 0.3) is 0 Å². The van der Waals surface area contributed by atoms with Crippen LogP contribution in [0.2, 0.25) is 5.02 Å². The number of nitrogens with one attached hydrogen (secondary N) is 1. The van der Waals surface area contributed by atoms with Crippen molar-refractivity contribution in [3.8, 4) is 0 Å². The molecule has 1 N–H and O–H groups in total. The second kappa shape index (κ2) is 5.76. The number of hydrogen-bond acceptors (Lipinski definition) is 4. The fourth-order valence-corrected chi connectivity index (χ4v) is 5.13. The lowest BCUT2D eigenvalue weighted by molar-refractivity contribution is 0.584. The Morgan fingerprint density at radius 2 is 1.96 bits per heavy atom. The molecule has 1 unspecified atom stereocenters. The Balaban J connectivity index is 1.76. The van der Waals surface area contributed by atoms with E-state index in [2.05, 4.69) is 10.3 Å². The van der Waals surface area contributed by atoms with Gasteiger partial charge in [0.15, 0.2) is 9.84 Å². The minimum atomic E-state index is -3.48. The van der Waals surface area contributed by atoms with Crippen LogP contribution in [-0.2, 0) is 16.3 Å². The van der Waals surface area contributed by atoms with E-state index in [9.17, 15) is 8.42 Å². The Bertz CT molecular complexity index is 963. The maximum atomic E-state index is 13.1. The molecule has 0 fully saturated rings. The smallest absolute Gasteiger partial charge is 0.185 e. The number of anilines is 1. The topological polar surface area (TPSA) is 59.1 Å². The summed E-state index contributed by atoms with van der Waals surface area (Å²) in [6.45, 7) is 0. The monoisotopic (exact) mass is 358 g/mol. The molecule has 1 aliphatic carbocycles. The van der Waals surface area contributed by atoms with Gasteiger partial charge in [-0.15, -0.1) is 0 Å². The van der Waals surface area contributed by atoms with E-state index in [0.29, 0.717) is 22.8 Å². The van der Waals surface area contributed by atoms with Crippen LogP contribution in [0.1, 0.15) is 12.0 Å². The van der Waals surface area contributed by atoms with Crippen LogP contribution >= 0.6 is 11.6 Å². The Hall–Kier alpha value is -2.11. The number of halogens is 1. The van der Waals surface area contributed by atoms with Gasteiger partial charge in [0.25, 0.3) is 0 Å². The highest BCUT2D eigenvalue weighted by Crippen LogP contribution is 2.37. The predicted octanol–water partition coefficient (Wildman–Crippen LogP) is 3.76. The number of nitrogens with zero attached hydrogens (tertiary/aromatic N) is 1. The summed E-state index contributed by atoms with van der Waals surface area (Å²) < 4.78 is 26.2. The molecule has 0 radical (unpaired) electrons. The van der Waals surface area contributed by atoms with Crippen molar-refractivity contribution in [2.45, 2.75) is 23.0 Å². The van der Waals surface area contributed by atoms with E-state index in [4.69, 9.17) is 11.6 Å². The van der Waals surface area contributed by atoms with Gasteiger partial charge < -0.3 is 5.32 Å². The lowest BCUT2D eigenvalue weighted by Crippen LogP contribution is -2.30. The highest BCUT2D eigenvalue weighted by molar-refractivity contribution is 7.92. The first-order chi connectivity index (χ1) is 11.6. The van der Waals surface area contributed by atoms with Crippen LogP contribution in [-0.4, -0.2) is 18.7 Å². The molecule has 0 saturated carbocycles. The highest BCUT2D eigenvalue weighted by Gasteiger charge is 2.35. The van der Waals surface area contributed by atoms with Crippen LogP contribution in [0.5, 0.6) is 0 Å². The molecule has 6 heteroatoms. The molecule has 0 spiro atoms. The molecule has 2 aliphatic rings. The van der Waals surface area contributed by atoms with Crippen LogP contribution in [0.4, 0.5) is 5.69 Å². The number of fused-ring (bicyclic) bond motifs is 1. The zero-order valence-electron chi connectivity index (χ0n) is 12.7.